The summed E-state index contributed by atoms with van der Waals surface area (Å²) in [5.74, 6) is 3.92. The van der Waals surface area contributed by atoms with Crippen molar-refractivity contribution >= 4 is 17.5 Å². The SMILES string of the molecule is C#CCN(CC1CC1)C(=O)CCCCl. The molecule has 1 aliphatic carbocycles. The minimum absolute atomic E-state index is 0.149. The van der Waals surface area contributed by atoms with E-state index < -0.39 is 0 Å². The highest BCUT2D eigenvalue weighted by Crippen LogP contribution is 2.29. The molecule has 0 radical (unpaired) electrons. The molecule has 1 aliphatic rings. The van der Waals surface area contributed by atoms with Crippen LogP contribution in [0.25, 0.3) is 0 Å². The maximum Gasteiger partial charge on any atom is 0.223 e. The van der Waals surface area contributed by atoms with E-state index in [9.17, 15) is 4.79 Å². The van der Waals surface area contributed by atoms with E-state index in [1.807, 2.05) is 0 Å². The van der Waals surface area contributed by atoms with Crippen molar-refractivity contribution in [2.45, 2.75) is 25.7 Å². The van der Waals surface area contributed by atoms with Crippen LogP contribution in [0.2, 0.25) is 0 Å². The van der Waals surface area contributed by atoms with Crippen molar-refractivity contribution in [3.63, 3.8) is 0 Å². The summed E-state index contributed by atoms with van der Waals surface area (Å²) in [6.45, 7) is 1.28. The third-order valence-corrected chi connectivity index (χ3v) is 2.60. The maximum atomic E-state index is 11.6. The monoisotopic (exact) mass is 213 g/mol. The number of hydrogen-bond donors (Lipinski definition) is 0. The van der Waals surface area contributed by atoms with Gasteiger partial charge >= 0.3 is 0 Å². The Morgan fingerprint density at radius 2 is 2.29 bits per heavy atom. The second-order valence-electron chi connectivity index (χ2n) is 3.71. The molecule has 1 fully saturated rings. The summed E-state index contributed by atoms with van der Waals surface area (Å²) in [6, 6.07) is 0. The molecule has 0 spiro atoms. The molecule has 0 saturated heterocycles. The van der Waals surface area contributed by atoms with E-state index >= 15 is 0 Å². The predicted molar refractivity (Wildman–Crippen MR) is 58.1 cm³/mol. The molecule has 1 rings (SSSR count). The van der Waals surface area contributed by atoms with Crippen LogP contribution in [-0.4, -0.2) is 29.8 Å². The quantitative estimate of drug-likeness (QED) is 0.487. The summed E-state index contributed by atoms with van der Waals surface area (Å²) < 4.78 is 0. The first kappa shape index (κ1) is 11.4. The number of carbonyl (C=O) groups excluding carboxylic acids is 1. The van der Waals surface area contributed by atoms with Gasteiger partial charge in [0.05, 0.1) is 6.54 Å². The van der Waals surface area contributed by atoms with Gasteiger partial charge < -0.3 is 4.90 Å². The Kier molecular flexibility index (Phi) is 4.82. The van der Waals surface area contributed by atoms with Gasteiger partial charge in [0.15, 0.2) is 0 Å². The highest BCUT2D eigenvalue weighted by molar-refractivity contribution is 6.17. The molecular weight excluding hydrogens is 198 g/mol. The van der Waals surface area contributed by atoms with Crippen LogP contribution in [-0.2, 0) is 4.79 Å². The fourth-order valence-corrected chi connectivity index (χ4v) is 1.49. The number of alkyl halides is 1. The molecule has 0 atom stereocenters. The van der Waals surface area contributed by atoms with Gasteiger partial charge in [0.2, 0.25) is 5.91 Å². The van der Waals surface area contributed by atoms with Crippen molar-refractivity contribution < 1.29 is 4.79 Å². The zero-order valence-corrected chi connectivity index (χ0v) is 9.09. The van der Waals surface area contributed by atoms with Crippen molar-refractivity contribution in [1.29, 1.82) is 0 Å². The molecule has 0 unspecified atom stereocenters. The highest BCUT2D eigenvalue weighted by Gasteiger charge is 2.25. The summed E-state index contributed by atoms with van der Waals surface area (Å²) in [7, 11) is 0. The average Bonchev–Trinajstić information content (AvgIpc) is 2.97. The van der Waals surface area contributed by atoms with Crippen LogP contribution in [0.15, 0.2) is 0 Å². The molecule has 14 heavy (non-hydrogen) atoms. The van der Waals surface area contributed by atoms with Crippen LogP contribution in [0.3, 0.4) is 0 Å². The summed E-state index contributed by atoms with van der Waals surface area (Å²) in [5.41, 5.74) is 0. The summed E-state index contributed by atoms with van der Waals surface area (Å²) >= 11 is 5.53. The molecule has 1 saturated carbocycles. The van der Waals surface area contributed by atoms with Crippen LogP contribution in [0.4, 0.5) is 0 Å². The first-order valence-electron chi connectivity index (χ1n) is 5.05. The van der Waals surface area contributed by atoms with Gasteiger partial charge in [-0.05, 0) is 25.2 Å². The van der Waals surface area contributed by atoms with Gasteiger partial charge in [0.25, 0.3) is 0 Å². The molecule has 1 amide bonds. The average molecular weight is 214 g/mol. The number of rotatable bonds is 6. The number of terminal acetylenes is 1. The lowest BCUT2D eigenvalue weighted by Crippen LogP contribution is -2.33. The zero-order valence-electron chi connectivity index (χ0n) is 8.34. The van der Waals surface area contributed by atoms with Crippen LogP contribution < -0.4 is 0 Å². The molecule has 0 N–H and O–H groups in total. The standard InChI is InChI=1S/C11H16ClNO/c1-2-8-13(9-10-5-6-10)11(14)4-3-7-12/h1,10H,3-9H2. The number of nitrogens with zero attached hydrogens (tertiary/aromatic N) is 1. The van der Waals surface area contributed by atoms with Crippen molar-refractivity contribution in [1.82, 2.24) is 4.90 Å². The Morgan fingerprint density at radius 3 is 2.79 bits per heavy atom. The summed E-state index contributed by atoms with van der Waals surface area (Å²) in [4.78, 5) is 13.4. The predicted octanol–water partition coefficient (Wildman–Crippen LogP) is 1.88. The van der Waals surface area contributed by atoms with Crippen molar-refractivity contribution in [3.8, 4) is 12.3 Å². The van der Waals surface area contributed by atoms with Gasteiger partial charge in [0, 0.05) is 18.8 Å². The van der Waals surface area contributed by atoms with E-state index in [0.29, 0.717) is 24.8 Å². The molecule has 0 aromatic carbocycles. The smallest absolute Gasteiger partial charge is 0.223 e. The fraction of sp³-hybridized carbons (Fsp3) is 0.727. The number of hydrogen-bond acceptors (Lipinski definition) is 1. The zero-order chi connectivity index (χ0) is 10.4. The molecule has 78 valence electrons. The van der Waals surface area contributed by atoms with E-state index in [2.05, 4.69) is 5.92 Å². The van der Waals surface area contributed by atoms with Crippen molar-refractivity contribution in [2.75, 3.05) is 19.0 Å². The molecule has 0 aromatic heterocycles. The Labute approximate surface area is 90.6 Å². The van der Waals surface area contributed by atoms with Gasteiger partial charge in [-0.1, -0.05) is 5.92 Å². The van der Waals surface area contributed by atoms with Gasteiger partial charge in [-0.25, -0.2) is 0 Å². The molecule has 0 heterocycles. The summed E-state index contributed by atoms with van der Waals surface area (Å²) in [5, 5.41) is 0. The van der Waals surface area contributed by atoms with Crippen LogP contribution in [0.1, 0.15) is 25.7 Å². The summed E-state index contributed by atoms with van der Waals surface area (Å²) in [6.07, 6.45) is 8.97. The van der Waals surface area contributed by atoms with Gasteiger partial charge in [-0.2, -0.15) is 0 Å². The molecule has 0 aromatic rings. The molecule has 0 aliphatic heterocycles. The lowest BCUT2D eigenvalue weighted by atomic mass is 10.2. The second kappa shape index (κ2) is 5.93. The number of amides is 1. The number of halogens is 1. The lowest BCUT2D eigenvalue weighted by molar-refractivity contribution is -0.130. The Morgan fingerprint density at radius 1 is 1.57 bits per heavy atom. The lowest BCUT2D eigenvalue weighted by Gasteiger charge is -2.19. The number of carbonyl (C=O) groups is 1. The fourth-order valence-electron chi connectivity index (χ4n) is 1.35. The topological polar surface area (TPSA) is 20.3 Å². The van der Waals surface area contributed by atoms with E-state index in [4.69, 9.17) is 18.0 Å². The third-order valence-electron chi connectivity index (χ3n) is 2.33. The second-order valence-corrected chi connectivity index (χ2v) is 4.09. The maximum absolute atomic E-state index is 11.6. The third kappa shape index (κ3) is 4.02. The van der Waals surface area contributed by atoms with E-state index in [-0.39, 0.29) is 5.91 Å². The molecule has 0 bridgehead atoms. The first-order valence-corrected chi connectivity index (χ1v) is 5.58. The Balaban J connectivity index is 2.31. The normalized spacial score (nSPS) is 14.9. The van der Waals surface area contributed by atoms with Crippen molar-refractivity contribution in [2.24, 2.45) is 5.92 Å². The van der Waals surface area contributed by atoms with Crippen LogP contribution in [0.5, 0.6) is 0 Å². The van der Waals surface area contributed by atoms with E-state index in [1.165, 1.54) is 12.8 Å². The van der Waals surface area contributed by atoms with Gasteiger partial charge in [-0.3, -0.25) is 4.79 Å². The van der Waals surface area contributed by atoms with E-state index in [0.717, 1.165) is 13.0 Å². The minimum Gasteiger partial charge on any atom is -0.331 e. The largest absolute Gasteiger partial charge is 0.331 e. The van der Waals surface area contributed by atoms with Gasteiger partial charge in [0.1, 0.15) is 0 Å². The van der Waals surface area contributed by atoms with E-state index in [1.54, 1.807) is 4.90 Å². The molecule has 2 nitrogen and oxygen atoms in total. The highest BCUT2D eigenvalue weighted by atomic mass is 35.5. The van der Waals surface area contributed by atoms with Crippen LogP contribution in [0, 0.1) is 18.3 Å². The van der Waals surface area contributed by atoms with Crippen LogP contribution >= 0.6 is 11.6 Å². The first-order chi connectivity index (χ1) is 6.77. The van der Waals surface area contributed by atoms with Gasteiger partial charge in [-0.15, -0.1) is 18.0 Å². The molecule has 3 heteroatoms. The molecular formula is C11H16ClNO. The Hall–Kier alpha value is -0.680. The Bertz CT molecular complexity index is 230. The minimum atomic E-state index is 0.149. The van der Waals surface area contributed by atoms with Crippen molar-refractivity contribution in [3.05, 3.63) is 0 Å².